The van der Waals surface area contributed by atoms with Crippen molar-refractivity contribution in [3.63, 3.8) is 0 Å². The molecule has 20 heavy (non-hydrogen) atoms. The Kier molecular flexibility index (Phi) is 4.63. The molecule has 0 bridgehead atoms. The van der Waals surface area contributed by atoms with Gasteiger partial charge >= 0.3 is 5.97 Å². The maximum absolute atomic E-state index is 11.4. The summed E-state index contributed by atoms with van der Waals surface area (Å²) in [4.78, 5) is 13.9. The van der Waals surface area contributed by atoms with Crippen molar-refractivity contribution in [1.29, 1.82) is 0 Å². The van der Waals surface area contributed by atoms with E-state index in [0.29, 0.717) is 23.6 Å². The van der Waals surface area contributed by atoms with Gasteiger partial charge in [-0.05, 0) is 36.8 Å². The molecule has 4 nitrogen and oxygen atoms in total. The molecule has 1 heterocycles. The Morgan fingerprint density at radius 1 is 1.25 bits per heavy atom. The topological polar surface area (TPSA) is 61.5 Å². The first-order valence-corrected chi connectivity index (χ1v) is 7.14. The molecular formula is C15H17NO3S. The minimum atomic E-state index is -0.408. The second kappa shape index (κ2) is 6.43. The van der Waals surface area contributed by atoms with Crippen LogP contribution in [0.25, 0.3) is 0 Å². The van der Waals surface area contributed by atoms with E-state index in [0.717, 1.165) is 11.3 Å². The number of ether oxygens (including phenoxy) is 2. The Morgan fingerprint density at radius 2 is 2.00 bits per heavy atom. The number of rotatable bonds is 5. The Morgan fingerprint density at radius 3 is 2.60 bits per heavy atom. The standard InChI is InChI=1S/C15H17NO3S/c1-3-11-5-6-12(20-11)9-19-14-7-4-10(8-13(14)16)15(17)18-2/h4-8H,3,9,16H2,1-2H3. The predicted molar refractivity (Wildman–Crippen MR) is 80.2 cm³/mol. The second-order valence-electron chi connectivity index (χ2n) is 4.25. The van der Waals surface area contributed by atoms with Crippen molar-refractivity contribution in [2.75, 3.05) is 12.8 Å². The lowest BCUT2D eigenvalue weighted by Gasteiger charge is -2.09. The average molecular weight is 291 g/mol. The first-order chi connectivity index (χ1) is 9.63. The molecule has 2 N–H and O–H groups in total. The number of nitrogen functional groups attached to an aromatic ring is 1. The van der Waals surface area contributed by atoms with E-state index >= 15 is 0 Å². The number of benzene rings is 1. The quantitative estimate of drug-likeness (QED) is 0.678. The Balaban J connectivity index is 2.04. The van der Waals surface area contributed by atoms with E-state index in [1.807, 2.05) is 0 Å². The highest BCUT2D eigenvalue weighted by Gasteiger charge is 2.09. The molecule has 0 aliphatic rings. The summed E-state index contributed by atoms with van der Waals surface area (Å²) in [5.41, 5.74) is 6.73. The number of hydrogen-bond acceptors (Lipinski definition) is 5. The fourth-order valence-electron chi connectivity index (χ4n) is 1.76. The van der Waals surface area contributed by atoms with Crippen molar-refractivity contribution < 1.29 is 14.3 Å². The SMILES string of the molecule is CCc1ccc(COc2ccc(C(=O)OC)cc2N)s1. The maximum Gasteiger partial charge on any atom is 0.337 e. The number of nitrogens with two attached hydrogens (primary N) is 1. The molecule has 0 saturated heterocycles. The first kappa shape index (κ1) is 14.4. The molecule has 1 aromatic heterocycles. The maximum atomic E-state index is 11.4. The summed E-state index contributed by atoms with van der Waals surface area (Å²) in [5, 5.41) is 0. The number of anilines is 1. The van der Waals surface area contributed by atoms with E-state index in [2.05, 4.69) is 23.8 Å². The summed E-state index contributed by atoms with van der Waals surface area (Å²) in [5.74, 6) is 0.165. The molecule has 0 aliphatic carbocycles. The van der Waals surface area contributed by atoms with E-state index in [1.54, 1.807) is 29.5 Å². The molecule has 5 heteroatoms. The minimum absolute atomic E-state index is 0.408. The van der Waals surface area contributed by atoms with Gasteiger partial charge in [0.15, 0.2) is 0 Å². The Hall–Kier alpha value is -2.01. The Labute approximate surface area is 122 Å². The second-order valence-corrected chi connectivity index (χ2v) is 5.51. The summed E-state index contributed by atoms with van der Waals surface area (Å²) < 4.78 is 10.3. The van der Waals surface area contributed by atoms with Crippen LogP contribution in [0.5, 0.6) is 5.75 Å². The molecule has 1 aromatic carbocycles. The zero-order valence-electron chi connectivity index (χ0n) is 11.5. The molecule has 106 valence electrons. The van der Waals surface area contributed by atoms with Gasteiger partial charge in [0.2, 0.25) is 0 Å². The van der Waals surface area contributed by atoms with E-state index < -0.39 is 5.97 Å². The summed E-state index contributed by atoms with van der Waals surface area (Å²) in [6.45, 7) is 2.60. The van der Waals surface area contributed by atoms with Crippen LogP contribution < -0.4 is 10.5 Å². The molecule has 0 unspecified atom stereocenters. The number of esters is 1. The molecule has 0 radical (unpaired) electrons. The van der Waals surface area contributed by atoms with Crippen LogP contribution in [-0.2, 0) is 17.8 Å². The van der Waals surface area contributed by atoms with E-state index in [1.165, 1.54) is 12.0 Å². The number of hydrogen-bond donors (Lipinski definition) is 1. The third kappa shape index (κ3) is 3.30. The molecule has 0 atom stereocenters. The van der Waals surface area contributed by atoms with E-state index in [4.69, 9.17) is 10.5 Å². The smallest absolute Gasteiger partial charge is 0.337 e. The zero-order chi connectivity index (χ0) is 14.5. The van der Waals surface area contributed by atoms with Crippen LogP contribution in [0.4, 0.5) is 5.69 Å². The number of methoxy groups -OCH3 is 1. The van der Waals surface area contributed by atoms with Gasteiger partial charge in [-0.2, -0.15) is 0 Å². The summed E-state index contributed by atoms with van der Waals surface area (Å²) >= 11 is 1.73. The molecule has 2 rings (SSSR count). The van der Waals surface area contributed by atoms with Crippen molar-refractivity contribution in [1.82, 2.24) is 0 Å². The fourth-order valence-corrected chi connectivity index (χ4v) is 2.63. The zero-order valence-corrected chi connectivity index (χ0v) is 12.3. The molecule has 0 amide bonds. The van der Waals surface area contributed by atoms with Crippen molar-refractivity contribution in [3.05, 3.63) is 45.6 Å². The molecular weight excluding hydrogens is 274 g/mol. The minimum Gasteiger partial charge on any atom is -0.486 e. The normalized spacial score (nSPS) is 10.3. The Bertz CT molecular complexity index is 607. The largest absolute Gasteiger partial charge is 0.486 e. The van der Waals surface area contributed by atoms with Gasteiger partial charge in [-0.25, -0.2) is 4.79 Å². The molecule has 0 aliphatic heterocycles. The van der Waals surface area contributed by atoms with Crippen molar-refractivity contribution >= 4 is 23.0 Å². The molecule has 0 fully saturated rings. The van der Waals surface area contributed by atoms with E-state index in [9.17, 15) is 4.79 Å². The lowest BCUT2D eigenvalue weighted by molar-refractivity contribution is 0.0601. The highest BCUT2D eigenvalue weighted by molar-refractivity contribution is 7.11. The van der Waals surface area contributed by atoms with Crippen molar-refractivity contribution in [2.45, 2.75) is 20.0 Å². The highest BCUT2D eigenvalue weighted by atomic mass is 32.1. The fraction of sp³-hybridized carbons (Fsp3) is 0.267. The third-order valence-corrected chi connectivity index (χ3v) is 4.07. The van der Waals surface area contributed by atoms with Crippen molar-refractivity contribution in [2.24, 2.45) is 0 Å². The van der Waals surface area contributed by atoms with Gasteiger partial charge in [0, 0.05) is 9.75 Å². The van der Waals surface area contributed by atoms with Gasteiger partial charge in [-0.15, -0.1) is 11.3 Å². The summed E-state index contributed by atoms with van der Waals surface area (Å²) in [7, 11) is 1.34. The molecule has 0 saturated carbocycles. The van der Waals surface area contributed by atoms with Gasteiger partial charge in [-0.1, -0.05) is 6.92 Å². The van der Waals surface area contributed by atoms with Gasteiger partial charge in [0.1, 0.15) is 12.4 Å². The van der Waals surface area contributed by atoms with Crippen LogP contribution in [0.3, 0.4) is 0 Å². The molecule has 2 aromatic rings. The van der Waals surface area contributed by atoms with Crippen molar-refractivity contribution in [3.8, 4) is 5.75 Å². The van der Waals surface area contributed by atoms with Gasteiger partial charge in [0.05, 0.1) is 18.4 Å². The summed E-state index contributed by atoms with van der Waals surface area (Å²) in [6.07, 6.45) is 1.03. The first-order valence-electron chi connectivity index (χ1n) is 6.32. The van der Waals surface area contributed by atoms with Crippen LogP contribution in [0.2, 0.25) is 0 Å². The van der Waals surface area contributed by atoms with Gasteiger partial charge < -0.3 is 15.2 Å². The lowest BCUT2D eigenvalue weighted by Crippen LogP contribution is -2.03. The average Bonchev–Trinajstić information content (AvgIpc) is 2.93. The molecule has 0 spiro atoms. The van der Waals surface area contributed by atoms with Crippen LogP contribution in [-0.4, -0.2) is 13.1 Å². The number of aryl methyl sites for hydroxylation is 1. The number of carbonyl (C=O) groups excluding carboxylic acids is 1. The third-order valence-electron chi connectivity index (χ3n) is 2.87. The van der Waals surface area contributed by atoms with Gasteiger partial charge in [-0.3, -0.25) is 0 Å². The van der Waals surface area contributed by atoms with Crippen LogP contribution >= 0.6 is 11.3 Å². The number of carbonyl (C=O) groups is 1. The summed E-state index contributed by atoms with van der Waals surface area (Å²) in [6, 6.07) is 9.06. The van der Waals surface area contributed by atoms with Crippen LogP contribution in [0.1, 0.15) is 27.0 Å². The van der Waals surface area contributed by atoms with Crippen LogP contribution in [0.15, 0.2) is 30.3 Å². The monoisotopic (exact) mass is 291 g/mol. The highest BCUT2D eigenvalue weighted by Crippen LogP contribution is 2.25. The van der Waals surface area contributed by atoms with Gasteiger partial charge in [0.25, 0.3) is 0 Å². The predicted octanol–water partition coefficient (Wildman–Crippen LogP) is 3.26. The lowest BCUT2D eigenvalue weighted by atomic mass is 10.2. The van der Waals surface area contributed by atoms with E-state index in [-0.39, 0.29) is 0 Å². The number of thiophene rings is 1. The van der Waals surface area contributed by atoms with Crippen LogP contribution in [0, 0.1) is 0 Å².